The number of alkyl halides is 1. The third kappa shape index (κ3) is 3.23. The number of rotatable bonds is 6. The molecule has 0 N–H and O–H groups in total. The lowest BCUT2D eigenvalue weighted by molar-refractivity contribution is 0.398. The highest BCUT2D eigenvalue weighted by Crippen LogP contribution is 2.25. The number of aromatic nitrogens is 3. The third-order valence-electron chi connectivity index (χ3n) is 3.32. The van der Waals surface area contributed by atoms with Crippen molar-refractivity contribution in [1.82, 2.24) is 14.5 Å². The first-order chi connectivity index (χ1) is 9.52. The maximum Gasteiger partial charge on any atom is 0.215 e. The van der Waals surface area contributed by atoms with Crippen molar-refractivity contribution in [3.63, 3.8) is 0 Å². The molecule has 20 heavy (non-hydrogen) atoms. The van der Waals surface area contributed by atoms with E-state index >= 15 is 0 Å². The second-order valence-corrected chi connectivity index (χ2v) is 6.12. The van der Waals surface area contributed by atoms with Gasteiger partial charge in [0.2, 0.25) is 5.88 Å². The molecule has 0 bridgehead atoms. The molecular weight excluding hydrogens is 274 g/mol. The Kier molecular flexibility index (Phi) is 4.86. The van der Waals surface area contributed by atoms with Gasteiger partial charge in [0.25, 0.3) is 0 Å². The van der Waals surface area contributed by atoms with Crippen LogP contribution in [0.4, 0.5) is 0 Å². The predicted molar refractivity (Wildman–Crippen MR) is 82.4 cm³/mol. The van der Waals surface area contributed by atoms with Crippen LogP contribution in [0.5, 0.6) is 5.88 Å². The summed E-state index contributed by atoms with van der Waals surface area (Å²) in [6.45, 7) is 7.30. The summed E-state index contributed by atoms with van der Waals surface area (Å²) in [6.07, 6.45) is 2.28. The van der Waals surface area contributed by atoms with Gasteiger partial charge in [0.05, 0.1) is 12.5 Å². The van der Waals surface area contributed by atoms with Crippen LogP contribution in [-0.2, 0) is 6.54 Å². The number of halogens is 1. The summed E-state index contributed by atoms with van der Waals surface area (Å²) in [4.78, 5) is 9.11. The van der Waals surface area contributed by atoms with Crippen molar-refractivity contribution in [2.45, 2.75) is 45.5 Å². The smallest absolute Gasteiger partial charge is 0.215 e. The normalized spacial score (nSPS) is 13.1. The van der Waals surface area contributed by atoms with Crippen LogP contribution in [0.1, 0.15) is 44.8 Å². The molecule has 0 aliphatic rings. The van der Waals surface area contributed by atoms with Crippen molar-refractivity contribution in [3.8, 4) is 5.88 Å². The highest BCUT2D eigenvalue weighted by molar-refractivity contribution is 6.20. The Morgan fingerprint density at radius 3 is 2.60 bits per heavy atom. The van der Waals surface area contributed by atoms with Crippen LogP contribution in [-0.4, -0.2) is 21.6 Å². The SMILES string of the molecule is COc1ccc2nc(C(C)Cl)n(CCCC(C)C)c2n1. The Labute approximate surface area is 125 Å². The van der Waals surface area contributed by atoms with E-state index in [1.165, 1.54) is 6.42 Å². The lowest BCUT2D eigenvalue weighted by atomic mass is 10.1. The molecule has 0 saturated heterocycles. The van der Waals surface area contributed by atoms with Crippen molar-refractivity contribution in [2.75, 3.05) is 7.11 Å². The molecule has 0 radical (unpaired) electrons. The van der Waals surface area contributed by atoms with Gasteiger partial charge < -0.3 is 9.30 Å². The van der Waals surface area contributed by atoms with Gasteiger partial charge in [-0.15, -0.1) is 11.6 Å². The van der Waals surface area contributed by atoms with Gasteiger partial charge in [-0.1, -0.05) is 13.8 Å². The van der Waals surface area contributed by atoms with Gasteiger partial charge in [-0.05, 0) is 31.7 Å². The van der Waals surface area contributed by atoms with Gasteiger partial charge in [0.1, 0.15) is 11.3 Å². The Morgan fingerprint density at radius 2 is 2.00 bits per heavy atom. The fourth-order valence-corrected chi connectivity index (χ4v) is 2.46. The quantitative estimate of drug-likeness (QED) is 0.751. The summed E-state index contributed by atoms with van der Waals surface area (Å²) >= 11 is 6.25. The standard InChI is InChI=1S/C15H22ClN3O/c1-10(2)6-5-9-19-14(11(3)16)17-12-7-8-13(20-4)18-15(12)19/h7-8,10-11H,5-6,9H2,1-4H3. The molecule has 0 aliphatic heterocycles. The molecule has 2 aromatic rings. The maximum atomic E-state index is 6.25. The minimum atomic E-state index is -0.130. The second kappa shape index (κ2) is 6.44. The van der Waals surface area contributed by atoms with Crippen molar-refractivity contribution in [1.29, 1.82) is 0 Å². The fourth-order valence-electron chi connectivity index (χ4n) is 2.30. The lowest BCUT2D eigenvalue weighted by Crippen LogP contribution is -2.06. The van der Waals surface area contributed by atoms with Gasteiger partial charge >= 0.3 is 0 Å². The van der Waals surface area contributed by atoms with Gasteiger partial charge in [-0.3, -0.25) is 0 Å². The number of ether oxygens (including phenoxy) is 1. The number of fused-ring (bicyclic) bond motifs is 1. The lowest BCUT2D eigenvalue weighted by Gasteiger charge is -2.11. The largest absolute Gasteiger partial charge is 0.481 e. The minimum Gasteiger partial charge on any atom is -0.481 e. The number of imidazole rings is 1. The molecule has 0 aliphatic carbocycles. The van der Waals surface area contributed by atoms with Gasteiger partial charge in [0.15, 0.2) is 5.65 Å². The number of nitrogens with zero attached hydrogens (tertiary/aromatic N) is 3. The summed E-state index contributed by atoms with van der Waals surface area (Å²) in [5, 5.41) is -0.130. The van der Waals surface area contributed by atoms with E-state index in [0.29, 0.717) is 11.8 Å². The maximum absolute atomic E-state index is 6.25. The number of aryl methyl sites for hydroxylation is 1. The molecule has 0 spiro atoms. The fraction of sp³-hybridized carbons (Fsp3) is 0.600. The van der Waals surface area contributed by atoms with E-state index in [-0.39, 0.29) is 5.38 Å². The summed E-state index contributed by atoms with van der Waals surface area (Å²) in [5.74, 6) is 2.19. The first-order valence-corrected chi connectivity index (χ1v) is 7.51. The van der Waals surface area contributed by atoms with E-state index in [0.717, 1.165) is 30.0 Å². The minimum absolute atomic E-state index is 0.130. The molecule has 2 rings (SSSR count). The van der Waals surface area contributed by atoms with Gasteiger partial charge in [0, 0.05) is 12.6 Å². The molecule has 5 heteroatoms. The van der Waals surface area contributed by atoms with E-state index < -0.39 is 0 Å². The van der Waals surface area contributed by atoms with Crippen LogP contribution in [0.2, 0.25) is 0 Å². The zero-order chi connectivity index (χ0) is 14.7. The first-order valence-electron chi connectivity index (χ1n) is 7.08. The molecule has 4 nitrogen and oxygen atoms in total. The zero-order valence-electron chi connectivity index (χ0n) is 12.6. The predicted octanol–water partition coefficient (Wildman–Crippen LogP) is 4.18. The topological polar surface area (TPSA) is 39.9 Å². The Balaban J connectivity index is 2.38. The second-order valence-electron chi connectivity index (χ2n) is 5.47. The number of hydrogen-bond acceptors (Lipinski definition) is 3. The molecule has 2 heterocycles. The summed E-state index contributed by atoms with van der Waals surface area (Å²) in [7, 11) is 1.62. The summed E-state index contributed by atoms with van der Waals surface area (Å²) < 4.78 is 7.33. The molecule has 1 atom stereocenters. The van der Waals surface area contributed by atoms with E-state index in [4.69, 9.17) is 16.3 Å². The van der Waals surface area contributed by atoms with E-state index in [2.05, 4.69) is 28.4 Å². The first kappa shape index (κ1) is 15.1. The van der Waals surface area contributed by atoms with Gasteiger partial charge in [-0.25, -0.2) is 4.98 Å². The average molecular weight is 296 g/mol. The number of pyridine rings is 1. The van der Waals surface area contributed by atoms with Crippen LogP contribution in [0, 0.1) is 5.92 Å². The van der Waals surface area contributed by atoms with Crippen molar-refractivity contribution < 1.29 is 4.74 Å². The Morgan fingerprint density at radius 1 is 1.25 bits per heavy atom. The van der Waals surface area contributed by atoms with Crippen LogP contribution in [0.15, 0.2) is 12.1 Å². The molecule has 0 saturated carbocycles. The van der Waals surface area contributed by atoms with Crippen molar-refractivity contribution in [2.24, 2.45) is 5.92 Å². The average Bonchev–Trinajstić information content (AvgIpc) is 2.76. The Bertz CT molecular complexity index is 578. The molecule has 110 valence electrons. The highest BCUT2D eigenvalue weighted by atomic mass is 35.5. The molecule has 0 amide bonds. The highest BCUT2D eigenvalue weighted by Gasteiger charge is 2.16. The monoisotopic (exact) mass is 295 g/mol. The van der Waals surface area contributed by atoms with Crippen molar-refractivity contribution in [3.05, 3.63) is 18.0 Å². The zero-order valence-corrected chi connectivity index (χ0v) is 13.3. The third-order valence-corrected chi connectivity index (χ3v) is 3.52. The van der Waals surface area contributed by atoms with E-state index in [9.17, 15) is 0 Å². The number of methoxy groups -OCH3 is 1. The Hall–Kier alpha value is -1.29. The van der Waals surface area contributed by atoms with Crippen LogP contribution >= 0.6 is 11.6 Å². The molecular formula is C15H22ClN3O. The molecule has 1 unspecified atom stereocenters. The summed E-state index contributed by atoms with van der Waals surface area (Å²) in [5.41, 5.74) is 1.73. The molecule has 0 fully saturated rings. The van der Waals surface area contributed by atoms with Crippen molar-refractivity contribution >= 4 is 22.8 Å². The van der Waals surface area contributed by atoms with E-state index in [1.807, 2.05) is 19.1 Å². The van der Waals surface area contributed by atoms with Crippen LogP contribution < -0.4 is 4.74 Å². The van der Waals surface area contributed by atoms with E-state index in [1.54, 1.807) is 7.11 Å². The number of hydrogen-bond donors (Lipinski definition) is 0. The molecule has 2 aromatic heterocycles. The summed E-state index contributed by atoms with van der Waals surface area (Å²) in [6, 6.07) is 3.76. The van der Waals surface area contributed by atoms with Crippen LogP contribution in [0.3, 0.4) is 0 Å². The van der Waals surface area contributed by atoms with Crippen LogP contribution in [0.25, 0.3) is 11.2 Å². The van der Waals surface area contributed by atoms with Gasteiger partial charge in [-0.2, -0.15) is 4.98 Å². The molecule has 0 aromatic carbocycles.